The van der Waals surface area contributed by atoms with Crippen molar-refractivity contribution in [1.29, 1.82) is 0 Å². The van der Waals surface area contributed by atoms with Crippen LogP contribution < -0.4 is 0 Å². The number of hydrogen-bond acceptors (Lipinski definition) is 0. The Hall–Kier alpha value is -0.476. The molecule has 0 saturated heterocycles. The maximum absolute atomic E-state index is 3.03. The third kappa shape index (κ3) is 2.06. The summed E-state index contributed by atoms with van der Waals surface area (Å²) in [5, 5.41) is 0. The molecule has 0 amide bonds. The van der Waals surface area contributed by atoms with Gasteiger partial charge >= 0.3 is 104 Å². The monoisotopic (exact) mass is 333 g/mol. The van der Waals surface area contributed by atoms with E-state index < -0.39 is 0 Å². The first kappa shape index (κ1) is 11.0. The third-order valence-corrected chi connectivity index (χ3v) is 4.29. The van der Waals surface area contributed by atoms with E-state index in [0.717, 1.165) is 8.65 Å². The van der Waals surface area contributed by atoms with E-state index in [4.69, 9.17) is 0 Å². The molecule has 7 heteroatoms. The van der Waals surface area contributed by atoms with Crippen molar-refractivity contribution in [3.05, 3.63) is 33.4 Å². The second kappa shape index (κ2) is 4.18. The van der Waals surface area contributed by atoms with Gasteiger partial charge in [-0.05, 0) is 0 Å². The first-order chi connectivity index (χ1) is 7.09. The molecule has 0 fully saturated rings. The predicted octanol–water partition coefficient (Wildman–Crippen LogP) is -0.702. The molecule has 0 saturated carbocycles. The molecule has 2 heterocycles. The van der Waals surface area contributed by atoms with Gasteiger partial charge in [-0.1, -0.05) is 0 Å². The Labute approximate surface area is 104 Å². The maximum atomic E-state index is 3.03. The summed E-state index contributed by atoms with van der Waals surface area (Å²) in [6, 6.07) is 0. The zero-order chi connectivity index (χ0) is 11.0. The van der Waals surface area contributed by atoms with Crippen LogP contribution in [0.4, 0.5) is 0 Å². The topological polar surface area (TPSA) is 19.7 Å². The third-order valence-electron chi connectivity index (χ3n) is 2.20. The number of nitrogens with zero attached hydrogens (tertiary/aromatic N) is 4. The van der Waals surface area contributed by atoms with Crippen molar-refractivity contribution in [2.24, 2.45) is 14.1 Å². The summed E-state index contributed by atoms with van der Waals surface area (Å²) in [5.74, 6) is 0. The van der Waals surface area contributed by atoms with E-state index in [1.165, 1.54) is 0 Å². The Morgan fingerprint density at radius 3 is 1.53 bits per heavy atom. The average molecular weight is 331 g/mol. The number of hydrogen-bond donors (Lipinski definition) is 0. The van der Waals surface area contributed by atoms with Crippen molar-refractivity contribution in [3.8, 4) is 0 Å². The van der Waals surface area contributed by atoms with E-state index in [2.05, 4.69) is 31.2 Å². The van der Waals surface area contributed by atoms with Crippen LogP contribution in [0.3, 0.4) is 0 Å². The molecule has 0 bridgehead atoms. The molecule has 0 aliphatic rings. The molecule has 2 radical (unpaired) electrons. The van der Waals surface area contributed by atoms with Crippen molar-refractivity contribution < 1.29 is 0 Å². The van der Waals surface area contributed by atoms with Crippen LogP contribution in [0, 0.1) is 8.65 Å². The van der Waals surface area contributed by atoms with Crippen molar-refractivity contribution in [1.82, 2.24) is 18.1 Å². The SMILES string of the molecule is Cn1ccn([B-]n2ccn(C)c2=[Se])c1=[Se]. The van der Waals surface area contributed by atoms with Gasteiger partial charge < -0.3 is 0 Å². The summed E-state index contributed by atoms with van der Waals surface area (Å²) >= 11 is 6.06. The zero-order valence-corrected chi connectivity index (χ0v) is 11.9. The summed E-state index contributed by atoms with van der Waals surface area (Å²) < 4.78 is 10.2. The van der Waals surface area contributed by atoms with Gasteiger partial charge in [0, 0.05) is 0 Å². The Morgan fingerprint density at radius 2 is 1.27 bits per heavy atom. The molecule has 0 atom stereocenters. The van der Waals surface area contributed by atoms with Gasteiger partial charge in [0.1, 0.15) is 0 Å². The van der Waals surface area contributed by atoms with Crippen LogP contribution in [0.2, 0.25) is 0 Å². The standard InChI is InChI=1S/C8H10BN4Se2/c1-10-3-5-12(7(10)14)9-13-6-4-11(2)8(13)15/h3-6H,1-2H3/q-1. The predicted molar refractivity (Wildman–Crippen MR) is 61.4 cm³/mol. The van der Waals surface area contributed by atoms with E-state index in [1.807, 2.05) is 64.5 Å². The molecule has 0 N–H and O–H groups in total. The average Bonchev–Trinajstić information content (AvgIpc) is 2.68. The van der Waals surface area contributed by atoms with Gasteiger partial charge in [0.15, 0.2) is 0 Å². The fourth-order valence-electron chi connectivity index (χ4n) is 1.27. The Morgan fingerprint density at radius 1 is 0.867 bits per heavy atom. The number of rotatable bonds is 2. The van der Waals surface area contributed by atoms with E-state index in [1.54, 1.807) is 0 Å². The Balaban J connectivity index is 2.38. The second-order valence-corrected chi connectivity index (χ2v) is 4.85. The Kier molecular flexibility index (Phi) is 3.07. The van der Waals surface area contributed by atoms with Crippen LogP contribution >= 0.6 is 0 Å². The number of aryl methyl sites for hydroxylation is 2. The van der Waals surface area contributed by atoms with Crippen LogP contribution in [0.1, 0.15) is 0 Å². The van der Waals surface area contributed by atoms with Crippen molar-refractivity contribution in [3.63, 3.8) is 0 Å². The summed E-state index contributed by atoms with van der Waals surface area (Å²) in [6.07, 6.45) is 8.02. The van der Waals surface area contributed by atoms with Gasteiger partial charge in [-0.2, -0.15) is 0 Å². The van der Waals surface area contributed by atoms with E-state index in [9.17, 15) is 0 Å². The molecule has 0 aliphatic carbocycles. The molecule has 15 heavy (non-hydrogen) atoms. The molecule has 0 unspecified atom stereocenters. The molecular weight excluding hydrogens is 321 g/mol. The zero-order valence-electron chi connectivity index (χ0n) is 8.49. The first-order valence-corrected chi connectivity index (χ1v) is 6.13. The van der Waals surface area contributed by atoms with Crippen LogP contribution in [-0.2, 0) is 14.1 Å². The molecule has 2 aromatic heterocycles. The molecule has 0 spiro atoms. The van der Waals surface area contributed by atoms with Gasteiger partial charge in [-0.15, -0.1) is 0 Å². The van der Waals surface area contributed by atoms with Crippen LogP contribution in [0.25, 0.3) is 0 Å². The van der Waals surface area contributed by atoms with E-state index in [-0.39, 0.29) is 0 Å². The van der Waals surface area contributed by atoms with E-state index in [0.29, 0.717) is 0 Å². The molecule has 2 rings (SSSR count). The minimum absolute atomic E-state index is 1.06. The summed E-state index contributed by atoms with van der Waals surface area (Å²) in [5.41, 5.74) is 0. The number of imidazole rings is 2. The van der Waals surface area contributed by atoms with Gasteiger partial charge in [0.05, 0.1) is 0 Å². The van der Waals surface area contributed by atoms with Crippen molar-refractivity contribution in [2.45, 2.75) is 0 Å². The van der Waals surface area contributed by atoms with Crippen molar-refractivity contribution in [2.75, 3.05) is 0 Å². The van der Waals surface area contributed by atoms with Crippen molar-refractivity contribution >= 4 is 38.7 Å². The first-order valence-electron chi connectivity index (χ1n) is 4.41. The fraction of sp³-hybridized carbons (Fsp3) is 0.250. The van der Waals surface area contributed by atoms with Gasteiger partial charge in [-0.3, -0.25) is 0 Å². The summed E-state index contributed by atoms with van der Waals surface area (Å²) in [4.78, 5) is 0. The van der Waals surface area contributed by atoms with Gasteiger partial charge in [-0.25, -0.2) is 0 Å². The Bertz CT molecular complexity index is 536. The quantitative estimate of drug-likeness (QED) is 0.649. The minimum atomic E-state index is 1.06. The van der Waals surface area contributed by atoms with E-state index >= 15 is 0 Å². The normalized spacial score (nSPS) is 10.8. The van der Waals surface area contributed by atoms with Gasteiger partial charge in [0.25, 0.3) is 0 Å². The van der Waals surface area contributed by atoms with Crippen LogP contribution in [0.15, 0.2) is 24.8 Å². The van der Waals surface area contributed by atoms with Gasteiger partial charge in [0.2, 0.25) is 0 Å². The summed E-state index contributed by atoms with van der Waals surface area (Å²) in [6.45, 7) is 0. The molecular formula is C8H10BN4Se2-. The molecule has 2 aromatic rings. The van der Waals surface area contributed by atoms with Crippen LogP contribution in [0.5, 0.6) is 0 Å². The second-order valence-electron chi connectivity index (χ2n) is 3.31. The summed E-state index contributed by atoms with van der Waals surface area (Å²) in [7, 11) is 6.02. The molecule has 4 nitrogen and oxygen atoms in total. The molecule has 0 aliphatic heterocycles. The fourth-order valence-corrected chi connectivity index (χ4v) is 1.98. The molecule has 0 aromatic carbocycles. The van der Waals surface area contributed by atoms with Crippen LogP contribution in [-0.4, -0.2) is 56.8 Å². The number of aromatic nitrogens is 4. The molecule has 78 valence electrons.